The molecule has 1 aromatic rings. The van der Waals surface area contributed by atoms with Gasteiger partial charge in [-0.2, -0.15) is 0 Å². The van der Waals surface area contributed by atoms with Crippen LogP contribution in [0.25, 0.3) is 0 Å². The predicted molar refractivity (Wildman–Crippen MR) is 79.6 cm³/mol. The van der Waals surface area contributed by atoms with Crippen molar-refractivity contribution < 1.29 is 9.53 Å². The number of nitrogen functional groups attached to an aromatic ring is 1. The summed E-state index contributed by atoms with van der Waals surface area (Å²) in [5.74, 6) is -0.335. The maximum Gasteiger partial charge on any atom is 0.338 e. The van der Waals surface area contributed by atoms with Crippen LogP contribution in [0.3, 0.4) is 0 Å². The average molecular weight is 264 g/mol. The van der Waals surface area contributed by atoms with Crippen molar-refractivity contribution in [1.29, 1.82) is 0 Å². The summed E-state index contributed by atoms with van der Waals surface area (Å²) in [5, 5.41) is 0. The van der Waals surface area contributed by atoms with Gasteiger partial charge in [-0.15, -0.1) is 0 Å². The molecule has 0 heterocycles. The molecule has 0 spiro atoms. The number of rotatable bonds is 5. The van der Waals surface area contributed by atoms with E-state index in [1.54, 1.807) is 19.1 Å². The second-order valence-corrected chi connectivity index (χ2v) is 5.22. The minimum Gasteiger partial charge on any atom is -0.462 e. The Kier molecular flexibility index (Phi) is 4.81. The van der Waals surface area contributed by atoms with Gasteiger partial charge in [-0.25, -0.2) is 4.79 Å². The molecule has 1 aromatic carbocycles. The highest BCUT2D eigenvalue weighted by atomic mass is 16.5. The Hall–Kier alpha value is -1.71. The number of carbonyl (C=O) groups excluding carboxylic acids is 1. The van der Waals surface area contributed by atoms with Gasteiger partial charge in [0.25, 0.3) is 0 Å². The molecule has 0 unspecified atom stereocenters. The summed E-state index contributed by atoms with van der Waals surface area (Å²) in [6.45, 7) is 8.60. The van der Waals surface area contributed by atoms with Crippen LogP contribution < -0.4 is 10.6 Å². The van der Waals surface area contributed by atoms with Crippen molar-refractivity contribution in [2.75, 3.05) is 24.3 Å². The molecular formula is C15H24N2O2. The zero-order valence-corrected chi connectivity index (χ0v) is 12.5. The third-order valence-electron chi connectivity index (χ3n) is 3.67. The average Bonchev–Trinajstić information content (AvgIpc) is 2.38. The highest BCUT2D eigenvalue weighted by molar-refractivity contribution is 5.92. The zero-order chi connectivity index (χ0) is 14.6. The first kappa shape index (κ1) is 15.3. The van der Waals surface area contributed by atoms with Crippen LogP contribution in [0.2, 0.25) is 0 Å². The number of carbonyl (C=O) groups is 1. The number of anilines is 2. The third kappa shape index (κ3) is 3.40. The van der Waals surface area contributed by atoms with Gasteiger partial charge >= 0.3 is 5.97 Å². The number of esters is 1. The van der Waals surface area contributed by atoms with Gasteiger partial charge in [0.05, 0.1) is 23.5 Å². The van der Waals surface area contributed by atoms with E-state index in [4.69, 9.17) is 10.5 Å². The molecule has 4 heteroatoms. The summed E-state index contributed by atoms with van der Waals surface area (Å²) < 4.78 is 4.96. The van der Waals surface area contributed by atoms with Crippen molar-refractivity contribution >= 4 is 17.3 Å². The SMILES string of the molecule is CCOC(=O)c1ccc(N(C)C(C)(C)CC)c(N)c1. The Morgan fingerprint density at radius 3 is 2.47 bits per heavy atom. The topological polar surface area (TPSA) is 55.6 Å². The van der Waals surface area contributed by atoms with Crippen LogP contribution >= 0.6 is 0 Å². The van der Waals surface area contributed by atoms with Crippen LogP contribution in [0.4, 0.5) is 11.4 Å². The molecule has 0 atom stereocenters. The molecule has 0 saturated carbocycles. The lowest BCUT2D eigenvalue weighted by Crippen LogP contribution is -2.40. The normalized spacial score (nSPS) is 11.2. The lowest BCUT2D eigenvalue weighted by Gasteiger charge is -2.37. The molecule has 19 heavy (non-hydrogen) atoms. The van der Waals surface area contributed by atoms with Crippen LogP contribution in [0.5, 0.6) is 0 Å². The lowest BCUT2D eigenvalue weighted by atomic mass is 9.98. The van der Waals surface area contributed by atoms with Gasteiger partial charge in [0, 0.05) is 12.6 Å². The first-order valence-electron chi connectivity index (χ1n) is 6.64. The second-order valence-electron chi connectivity index (χ2n) is 5.22. The van der Waals surface area contributed by atoms with Crippen molar-refractivity contribution in [3.8, 4) is 0 Å². The highest BCUT2D eigenvalue weighted by Gasteiger charge is 2.23. The minimum absolute atomic E-state index is 0.0135. The molecule has 0 aliphatic heterocycles. The van der Waals surface area contributed by atoms with Gasteiger partial charge in [-0.05, 0) is 45.4 Å². The number of nitrogens with zero attached hydrogens (tertiary/aromatic N) is 1. The van der Waals surface area contributed by atoms with Crippen molar-refractivity contribution in [3.05, 3.63) is 23.8 Å². The first-order chi connectivity index (χ1) is 8.83. The van der Waals surface area contributed by atoms with Crippen molar-refractivity contribution in [2.45, 2.75) is 39.7 Å². The number of nitrogens with two attached hydrogens (primary N) is 1. The molecule has 0 saturated heterocycles. The van der Waals surface area contributed by atoms with E-state index < -0.39 is 0 Å². The Balaban J connectivity index is 3.04. The van der Waals surface area contributed by atoms with Crippen LogP contribution in [0, 0.1) is 0 Å². The summed E-state index contributed by atoms with van der Waals surface area (Å²) in [6, 6.07) is 5.31. The molecule has 2 N–H and O–H groups in total. The van der Waals surface area contributed by atoms with E-state index in [1.807, 2.05) is 13.1 Å². The molecular weight excluding hydrogens is 240 g/mol. The Morgan fingerprint density at radius 1 is 1.37 bits per heavy atom. The van der Waals surface area contributed by atoms with Crippen molar-refractivity contribution in [3.63, 3.8) is 0 Å². The lowest BCUT2D eigenvalue weighted by molar-refractivity contribution is 0.0526. The van der Waals surface area contributed by atoms with Gasteiger partial charge in [0.2, 0.25) is 0 Å². The molecule has 0 aliphatic carbocycles. The Morgan fingerprint density at radius 2 is 2.00 bits per heavy atom. The summed E-state index contributed by atoms with van der Waals surface area (Å²) in [4.78, 5) is 13.8. The summed E-state index contributed by atoms with van der Waals surface area (Å²) in [7, 11) is 2.01. The monoisotopic (exact) mass is 264 g/mol. The summed E-state index contributed by atoms with van der Waals surface area (Å²) in [6.07, 6.45) is 1.00. The third-order valence-corrected chi connectivity index (χ3v) is 3.67. The molecule has 0 aromatic heterocycles. The molecule has 0 fully saturated rings. The first-order valence-corrected chi connectivity index (χ1v) is 6.64. The molecule has 0 bridgehead atoms. The fourth-order valence-electron chi connectivity index (χ4n) is 1.76. The largest absolute Gasteiger partial charge is 0.462 e. The molecule has 0 aliphatic rings. The predicted octanol–water partition coefficient (Wildman–Crippen LogP) is 3.07. The number of hydrogen-bond donors (Lipinski definition) is 1. The van der Waals surface area contributed by atoms with E-state index >= 15 is 0 Å². The van der Waals surface area contributed by atoms with E-state index in [-0.39, 0.29) is 11.5 Å². The molecule has 4 nitrogen and oxygen atoms in total. The van der Waals surface area contributed by atoms with E-state index in [0.29, 0.717) is 17.9 Å². The Bertz CT molecular complexity index is 455. The molecule has 106 valence electrons. The van der Waals surface area contributed by atoms with Gasteiger partial charge < -0.3 is 15.4 Å². The quantitative estimate of drug-likeness (QED) is 0.656. The molecule has 0 radical (unpaired) electrons. The van der Waals surface area contributed by atoms with E-state index in [2.05, 4.69) is 25.7 Å². The van der Waals surface area contributed by atoms with Crippen LogP contribution in [-0.2, 0) is 4.74 Å². The fourth-order valence-corrected chi connectivity index (χ4v) is 1.76. The minimum atomic E-state index is -0.335. The smallest absolute Gasteiger partial charge is 0.338 e. The second kappa shape index (κ2) is 5.95. The molecule has 0 amide bonds. The van der Waals surface area contributed by atoms with Crippen LogP contribution in [0.1, 0.15) is 44.5 Å². The summed E-state index contributed by atoms with van der Waals surface area (Å²) in [5.41, 5.74) is 8.09. The number of ether oxygens (including phenoxy) is 1. The van der Waals surface area contributed by atoms with Crippen molar-refractivity contribution in [2.24, 2.45) is 0 Å². The van der Waals surface area contributed by atoms with Gasteiger partial charge in [0.1, 0.15) is 0 Å². The van der Waals surface area contributed by atoms with Gasteiger partial charge in [-0.3, -0.25) is 0 Å². The highest BCUT2D eigenvalue weighted by Crippen LogP contribution is 2.30. The maximum absolute atomic E-state index is 11.6. The maximum atomic E-state index is 11.6. The number of hydrogen-bond acceptors (Lipinski definition) is 4. The summed E-state index contributed by atoms with van der Waals surface area (Å²) >= 11 is 0. The zero-order valence-electron chi connectivity index (χ0n) is 12.5. The van der Waals surface area contributed by atoms with Crippen LogP contribution in [-0.4, -0.2) is 25.2 Å². The standard InChI is InChI=1S/C15H24N2O2/c1-6-15(3,4)17(5)13-9-8-11(10-12(13)16)14(18)19-7-2/h8-10H,6-7,16H2,1-5H3. The Labute approximate surface area is 115 Å². The van der Waals surface area contributed by atoms with E-state index in [9.17, 15) is 4.79 Å². The fraction of sp³-hybridized carbons (Fsp3) is 0.533. The van der Waals surface area contributed by atoms with Gasteiger partial charge in [-0.1, -0.05) is 6.92 Å². The van der Waals surface area contributed by atoms with Crippen LogP contribution in [0.15, 0.2) is 18.2 Å². The molecule has 1 rings (SSSR count). The van der Waals surface area contributed by atoms with E-state index in [1.165, 1.54) is 0 Å². The van der Waals surface area contributed by atoms with Crippen molar-refractivity contribution in [1.82, 2.24) is 0 Å². The van der Waals surface area contributed by atoms with Gasteiger partial charge in [0.15, 0.2) is 0 Å². The van der Waals surface area contributed by atoms with E-state index in [0.717, 1.165) is 12.1 Å². The number of benzene rings is 1.